The molecule has 0 aromatic carbocycles. The molecule has 0 aromatic rings. The Hall–Kier alpha value is -1.26. The molecule has 4 aliphatic carbocycles. The van der Waals surface area contributed by atoms with Crippen LogP contribution in [0.4, 0.5) is 0 Å². The summed E-state index contributed by atoms with van der Waals surface area (Å²) in [6.45, 7) is 8.07. The lowest BCUT2D eigenvalue weighted by Crippen LogP contribution is -2.57. The molecule has 0 amide bonds. The number of aliphatic hydroxyl groups is 2. The van der Waals surface area contributed by atoms with Crippen molar-refractivity contribution in [3.63, 3.8) is 0 Å². The van der Waals surface area contributed by atoms with Gasteiger partial charge in [-0.1, -0.05) is 31.6 Å². The van der Waals surface area contributed by atoms with E-state index in [2.05, 4.69) is 20.4 Å². The smallest absolute Gasteiger partial charge is 0.165 e. The zero-order chi connectivity index (χ0) is 18.9. The standard InChI is InChI=1S/C22H30O4/c1-12-8-16-15-5-4-13-9-14(24)6-7-21(13,2)20(15)17(25)10-22(16,3)19(12)18(26)11-23/h9,15-17,19-20,23,25H,1,4-8,10-11H2,2-3H3/t15-,16-,17-,19+,20+,21-,22-/m0/s1. The van der Waals surface area contributed by atoms with E-state index in [1.807, 2.05) is 6.08 Å². The predicted octanol–water partition coefficient (Wildman–Crippen LogP) is 2.83. The molecule has 0 unspecified atom stereocenters. The summed E-state index contributed by atoms with van der Waals surface area (Å²) >= 11 is 0. The van der Waals surface area contributed by atoms with Crippen molar-refractivity contribution in [2.75, 3.05) is 6.61 Å². The molecule has 142 valence electrons. The molecule has 0 radical (unpaired) electrons. The van der Waals surface area contributed by atoms with Gasteiger partial charge in [-0.25, -0.2) is 0 Å². The lowest BCUT2D eigenvalue weighted by molar-refractivity contribution is -0.145. The van der Waals surface area contributed by atoms with Crippen molar-refractivity contribution < 1.29 is 19.8 Å². The Bertz CT molecular complexity index is 707. The van der Waals surface area contributed by atoms with Crippen molar-refractivity contribution in [3.05, 3.63) is 23.8 Å². The minimum atomic E-state index is -0.483. The van der Waals surface area contributed by atoms with E-state index in [0.29, 0.717) is 24.7 Å². The van der Waals surface area contributed by atoms with Crippen LogP contribution < -0.4 is 0 Å². The number of carbonyl (C=O) groups is 2. The Kier molecular flexibility index (Phi) is 4.09. The molecule has 0 heterocycles. The van der Waals surface area contributed by atoms with Crippen LogP contribution in [0.3, 0.4) is 0 Å². The van der Waals surface area contributed by atoms with Crippen LogP contribution in [0, 0.1) is 34.5 Å². The molecule has 4 nitrogen and oxygen atoms in total. The van der Waals surface area contributed by atoms with E-state index in [-0.39, 0.29) is 34.2 Å². The van der Waals surface area contributed by atoms with Gasteiger partial charge in [-0.05, 0) is 66.8 Å². The van der Waals surface area contributed by atoms with Crippen LogP contribution in [0.1, 0.15) is 52.4 Å². The summed E-state index contributed by atoms with van der Waals surface area (Å²) in [6, 6.07) is 0. The van der Waals surface area contributed by atoms with Crippen molar-refractivity contribution in [3.8, 4) is 0 Å². The lowest BCUT2D eigenvalue weighted by Gasteiger charge is -2.59. The van der Waals surface area contributed by atoms with E-state index in [1.165, 1.54) is 5.57 Å². The highest BCUT2D eigenvalue weighted by molar-refractivity contribution is 5.91. The highest BCUT2D eigenvalue weighted by Crippen LogP contribution is 2.67. The fraction of sp³-hybridized carbons (Fsp3) is 0.727. The second-order valence-electron chi connectivity index (χ2n) is 9.59. The van der Waals surface area contributed by atoms with Crippen molar-refractivity contribution in [1.29, 1.82) is 0 Å². The lowest BCUT2D eigenvalue weighted by atomic mass is 9.46. The Morgan fingerprint density at radius 1 is 1.35 bits per heavy atom. The second-order valence-corrected chi connectivity index (χ2v) is 9.59. The van der Waals surface area contributed by atoms with Gasteiger partial charge in [0.1, 0.15) is 6.61 Å². The fourth-order valence-electron chi connectivity index (χ4n) is 7.34. The van der Waals surface area contributed by atoms with Crippen LogP contribution in [0.15, 0.2) is 23.8 Å². The predicted molar refractivity (Wildman–Crippen MR) is 98.2 cm³/mol. The van der Waals surface area contributed by atoms with Gasteiger partial charge >= 0.3 is 0 Å². The van der Waals surface area contributed by atoms with Gasteiger partial charge in [-0.15, -0.1) is 0 Å². The number of hydrogen-bond acceptors (Lipinski definition) is 4. The van der Waals surface area contributed by atoms with Gasteiger partial charge < -0.3 is 10.2 Å². The molecule has 0 aromatic heterocycles. The third kappa shape index (κ3) is 2.27. The minimum absolute atomic E-state index is 0.113. The largest absolute Gasteiger partial charge is 0.393 e. The Balaban J connectivity index is 1.74. The molecular weight excluding hydrogens is 328 g/mol. The fourth-order valence-corrected chi connectivity index (χ4v) is 7.34. The third-order valence-electron chi connectivity index (χ3n) is 8.36. The van der Waals surface area contributed by atoms with Gasteiger partial charge in [0.05, 0.1) is 6.10 Å². The van der Waals surface area contributed by atoms with Crippen LogP contribution in [0.2, 0.25) is 0 Å². The number of rotatable bonds is 2. The van der Waals surface area contributed by atoms with E-state index in [1.54, 1.807) is 0 Å². The Morgan fingerprint density at radius 2 is 2.08 bits per heavy atom. The van der Waals surface area contributed by atoms with Crippen molar-refractivity contribution in [2.24, 2.45) is 34.5 Å². The maximum absolute atomic E-state index is 12.4. The summed E-state index contributed by atoms with van der Waals surface area (Å²) in [4.78, 5) is 24.4. The summed E-state index contributed by atoms with van der Waals surface area (Å²) in [5.41, 5.74) is 1.71. The van der Waals surface area contributed by atoms with Crippen LogP contribution in [-0.4, -0.2) is 34.5 Å². The molecule has 0 aliphatic heterocycles. The Labute approximate surface area is 155 Å². The maximum atomic E-state index is 12.4. The average Bonchev–Trinajstić information content (AvgIpc) is 2.84. The number of fused-ring (bicyclic) bond motifs is 5. The first kappa shape index (κ1) is 18.1. The molecule has 4 heteroatoms. The molecule has 26 heavy (non-hydrogen) atoms. The van der Waals surface area contributed by atoms with Crippen molar-refractivity contribution in [2.45, 2.75) is 58.5 Å². The Morgan fingerprint density at radius 3 is 2.77 bits per heavy atom. The van der Waals surface area contributed by atoms with E-state index in [4.69, 9.17) is 0 Å². The first-order valence-corrected chi connectivity index (χ1v) is 9.95. The maximum Gasteiger partial charge on any atom is 0.165 e. The summed E-state index contributed by atoms with van der Waals surface area (Å²) in [5.74, 6) is 0.521. The molecule has 7 atom stereocenters. The van der Waals surface area contributed by atoms with E-state index in [0.717, 1.165) is 31.3 Å². The zero-order valence-electron chi connectivity index (χ0n) is 15.8. The van der Waals surface area contributed by atoms with Gasteiger partial charge in [0.25, 0.3) is 0 Å². The van der Waals surface area contributed by atoms with Gasteiger partial charge in [-0.2, -0.15) is 0 Å². The van der Waals surface area contributed by atoms with E-state index < -0.39 is 12.7 Å². The SMILES string of the molecule is C=C1C[C@H]2[C@@H]3CCC4=CC(=O)CC[C@]4(C)[C@H]3[C@@H](O)C[C@]2(C)[C@H]1C(=O)CO. The van der Waals surface area contributed by atoms with Gasteiger partial charge in [0.15, 0.2) is 11.6 Å². The second kappa shape index (κ2) is 5.87. The molecule has 0 spiro atoms. The molecule has 3 fully saturated rings. The zero-order valence-corrected chi connectivity index (χ0v) is 15.8. The number of aliphatic hydroxyl groups excluding tert-OH is 2. The van der Waals surface area contributed by atoms with Gasteiger partial charge in [0.2, 0.25) is 0 Å². The van der Waals surface area contributed by atoms with Gasteiger partial charge in [-0.3, -0.25) is 9.59 Å². The van der Waals surface area contributed by atoms with Crippen molar-refractivity contribution >= 4 is 11.6 Å². The highest BCUT2D eigenvalue weighted by Gasteiger charge is 2.63. The highest BCUT2D eigenvalue weighted by atomic mass is 16.3. The monoisotopic (exact) mass is 358 g/mol. The molecule has 4 rings (SSSR count). The molecule has 0 bridgehead atoms. The molecule has 0 saturated heterocycles. The first-order chi connectivity index (χ1) is 12.2. The number of Topliss-reactive ketones (excluding diaryl/α,β-unsaturated/α-hetero) is 1. The topological polar surface area (TPSA) is 74.6 Å². The van der Waals surface area contributed by atoms with Crippen molar-refractivity contribution in [1.82, 2.24) is 0 Å². The molecule has 2 N–H and O–H groups in total. The third-order valence-corrected chi connectivity index (χ3v) is 8.36. The summed E-state index contributed by atoms with van der Waals surface area (Å²) in [6.07, 6.45) is 6.00. The first-order valence-electron chi connectivity index (χ1n) is 9.95. The summed E-state index contributed by atoms with van der Waals surface area (Å²) in [7, 11) is 0. The van der Waals surface area contributed by atoms with E-state index >= 15 is 0 Å². The quantitative estimate of drug-likeness (QED) is 0.745. The van der Waals surface area contributed by atoms with E-state index in [9.17, 15) is 19.8 Å². The van der Waals surface area contributed by atoms with Crippen LogP contribution in [-0.2, 0) is 9.59 Å². The number of carbonyl (C=O) groups excluding carboxylic acids is 2. The minimum Gasteiger partial charge on any atom is -0.393 e. The molecule has 3 saturated carbocycles. The summed E-state index contributed by atoms with van der Waals surface area (Å²) in [5, 5.41) is 20.7. The average molecular weight is 358 g/mol. The normalized spacial score (nSPS) is 47.7. The van der Waals surface area contributed by atoms with Crippen LogP contribution in [0.5, 0.6) is 0 Å². The molecule has 4 aliphatic rings. The number of ketones is 2. The summed E-state index contributed by atoms with van der Waals surface area (Å²) < 4.78 is 0. The number of allylic oxidation sites excluding steroid dienone is 2. The number of hydrogen-bond donors (Lipinski definition) is 2. The van der Waals surface area contributed by atoms with Gasteiger partial charge in [0, 0.05) is 12.3 Å². The van der Waals surface area contributed by atoms with Crippen LogP contribution in [0.25, 0.3) is 0 Å². The molecular formula is C22H30O4. The van der Waals surface area contributed by atoms with Crippen LogP contribution >= 0.6 is 0 Å².